The van der Waals surface area contributed by atoms with Crippen molar-refractivity contribution in [2.45, 2.75) is 31.7 Å². The van der Waals surface area contributed by atoms with Crippen LogP contribution in [0.15, 0.2) is 24.3 Å². The molecule has 1 aromatic rings. The number of amides is 3. The van der Waals surface area contributed by atoms with Crippen LogP contribution >= 0.6 is 0 Å². The van der Waals surface area contributed by atoms with Crippen LogP contribution in [0.2, 0.25) is 0 Å². The number of urea groups is 1. The second-order valence-corrected chi connectivity index (χ2v) is 5.99. The molecule has 0 aromatic heterocycles. The summed E-state index contributed by atoms with van der Waals surface area (Å²) in [6.45, 7) is 0. The molecule has 6 nitrogen and oxygen atoms in total. The molecule has 0 saturated heterocycles. The smallest absolute Gasteiger partial charge is 0.411 e. The molecule has 2 aliphatic carbocycles. The lowest BCUT2D eigenvalue weighted by atomic mass is 10.1. The van der Waals surface area contributed by atoms with Gasteiger partial charge >= 0.3 is 12.1 Å². The fourth-order valence-corrected chi connectivity index (χ4v) is 2.66. The number of anilines is 2. The lowest BCUT2D eigenvalue weighted by Crippen LogP contribution is -2.40. The Morgan fingerprint density at radius 2 is 1.50 bits per heavy atom. The summed E-state index contributed by atoms with van der Waals surface area (Å²) in [7, 11) is 1.31. The van der Waals surface area contributed by atoms with E-state index >= 15 is 0 Å². The summed E-state index contributed by atoms with van der Waals surface area (Å²) in [5.74, 6) is 1.34. The highest BCUT2D eigenvalue weighted by Gasteiger charge is 2.42. The molecule has 0 spiro atoms. The first-order valence-corrected chi connectivity index (χ1v) is 7.68. The van der Waals surface area contributed by atoms with Gasteiger partial charge in [0.15, 0.2) is 0 Å². The van der Waals surface area contributed by atoms with Gasteiger partial charge in [-0.3, -0.25) is 5.32 Å². The Hall–Kier alpha value is -2.24. The van der Waals surface area contributed by atoms with Gasteiger partial charge in [-0.25, -0.2) is 9.59 Å². The molecule has 0 aliphatic heterocycles. The zero-order valence-electron chi connectivity index (χ0n) is 12.6. The van der Waals surface area contributed by atoms with E-state index in [0.717, 1.165) is 0 Å². The third-order valence-corrected chi connectivity index (χ3v) is 4.13. The minimum atomic E-state index is -0.518. The Morgan fingerprint density at radius 1 is 1.00 bits per heavy atom. The van der Waals surface area contributed by atoms with E-state index in [2.05, 4.69) is 20.7 Å². The van der Waals surface area contributed by atoms with Crippen LogP contribution in [-0.4, -0.2) is 25.3 Å². The predicted octanol–water partition coefficient (Wildman–Crippen LogP) is 3.18. The van der Waals surface area contributed by atoms with E-state index in [1.807, 2.05) is 0 Å². The van der Waals surface area contributed by atoms with Crippen LogP contribution in [0.4, 0.5) is 21.0 Å². The normalized spacial score (nSPS) is 17.0. The van der Waals surface area contributed by atoms with E-state index < -0.39 is 6.09 Å². The van der Waals surface area contributed by atoms with Gasteiger partial charge in [-0.15, -0.1) is 0 Å². The number of rotatable bonds is 5. The molecular weight excluding hydrogens is 282 g/mol. The van der Waals surface area contributed by atoms with Crippen LogP contribution < -0.4 is 16.0 Å². The van der Waals surface area contributed by atoms with Crippen molar-refractivity contribution in [3.05, 3.63) is 24.3 Å². The van der Waals surface area contributed by atoms with Crippen LogP contribution in [0.1, 0.15) is 25.7 Å². The predicted molar refractivity (Wildman–Crippen MR) is 83.9 cm³/mol. The molecule has 3 N–H and O–H groups in total. The maximum atomic E-state index is 12.1. The third kappa shape index (κ3) is 3.90. The van der Waals surface area contributed by atoms with Crippen molar-refractivity contribution in [2.24, 2.45) is 11.8 Å². The van der Waals surface area contributed by atoms with E-state index in [-0.39, 0.29) is 6.03 Å². The molecule has 0 heterocycles. The van der Waals surface area contributed by atoms with E-state index in [0.29, 0.717) is 29.3 Å². The molecule has 2 fully saturated rings. The molecule has 1 aromatic carbocycles. The number of benzene rings is 1. The molecule has 6 heteroatoms. The van der Waals surface area contributed by atoms with Gasteiger partial charge in [-0.05, 0) is 61.8 Å². The number of carbonyl (C=O) groups excluding carboxylic acids is 2. The van der Waals surface area contributed by atoms with Gasteiger partial charge in [0.25, 0.3) is 0 Å². The zero-order chi connectivity index (χ0) is 15.5. The maximum Gasteiger partial charge on any atom is 0.411 e. The molecule has 0 radical (unpaired) electrons. The van der Waals surface area contributed by atoms with Gasteiger partial charge in [0.1, 0.15) is 0 Å². The molecule has 118 valence electrons. The summed E-state index contributed by atoms with van der Waals surface area (Å²) in [5, 5.41) is 8.51. The molecule has 2 saturated carbocycles. The molecule has 2 aliphatic rings. The van der Waals surface area contributed by atoms with Crippen molar-refractivity contribution in [3.63, 3.8) is 0 Å². The lowest BCUT2D eigenvalue weighted by Gasteiger charge is -2.18. The summed E-state index contributed by atoms with van der Waals surface area (Å²) in [4.78, 5) is 23.2. The van der Waals surface area contributed by atoms with Gasteiger partial charge in [-0.2, -0.15) is 0 Å². The van der Waals surface area contributed by atoms with Crippen molar-refractivity contribution >= 4 is 23.5 Å². The average Bonchev–Trinajstić information content (AvgIpc) is 3.39. The van der Waals surface area contributed by atoms with Crippen LogP contribution in [-0.2, 0) is 4.74 Å². The summed E-state index contributed by atoms with van der Waals surface area (Å²) in [6, 6.07) is 7.09. The topological polar surface area (TPSA) is 79.5 Å². The fourth-order valence-electron chi connectivity index (χ4n) is 2.66. The van der Waals surface area contributed by atoms with Crippen molar-refractivity contribution in [2.75, 3.05) is 17.7 Å². The Balaban J connectivity index is 1.51. The number of carbonyl (C=O) groups is 2. The number of nitrogens with one attached hydrogen (secondary N) is 3. The summed E-state index contributed by atoms with van der Waals surface area (Å²) >= 11 is 0. The fraction of sp³-hybridized carbons (Fsp3) is 0.500. The highest BCUT2D eigenvalue weighted by Crippen LogP contribution is 2.44. The Morgan fingerprint density at radius 3 is 1.95 bits per heavy atom. The SMILES string of the molecule is COC(=O)Nc1ccc(NC(=O)NC(C2CC2)C2CC2)cc1. The molecule has 22 heavy (non-hydrogen) atoms. The highest BCUT2D eigenvalue weighted by atomic mass is 16.5. The molecule has 0 atom stereocenters. The molecule has 0 bridgehead atoms. The molecule has 3 rings (SSSR count). The first kappa shape index (κ1) is 14.7. The highest BCUT2D eigenvalue weighted by molar-refractivity contribution is 5.90. The minimum Gasteiger partial charge on any atom is -0.453 e. The van der Waals surface area contributed by atoms with E-state index in [1.165, 1.54) is 32.8 Å². The Labute approximate surface area is 129 Å². The first-order valence-electron chi connectivity index (χ1n) is 7.68. The van der Waals surface area contributed by atoms with Crippen LogP contribution in [0, 0.1) is 11.8 Å². The second kappa shape index (κ2) is 6.25. The van der Waals surface area contributed by atoms with Gasteiger partial charge in [0, 0.05) is 17.4 Å². The van der Waals surface area contributed by atoms with Crippen LogP contribution in [0.25, 0.3) is 0 Å². The summed E-state index contributed by atoms with van der Waals surface area (Å²) < 4.78 is 4.52. The number of ether oxygens (including phenoxy) is 1. The number of hydrogen-bond donors (Lipinski definition) is 3. The average molecular weight is 303 g/mol. The quantitative estimate of drug-likeness (QED) is 0.781. The largest absolute Gasteiger partial charge is 0.453 e. The summed E-state index contributed by atoms with van der Waals surface area (Å²) in [6.07, 6.45) is 4.41. The van der Waals surface area contributed by atoms with Crippen LogP contribution in [0.5, 0.6) is 0 Å². The van der Waals surface area contributed by atoms with Gasteiger partial charge in [0.2, 0.25) is 0 Å². The third-order valence-electron chi connectivity index (χ3n) is 4.13. The van der Waals surface area contributed by atoms with E-state index in [1.54, 1.807) is 24.3 Å². The number of hydrogen-bond acceptors (Lipinski definition) is 3. The van der Waals surface area contributed by atoms with Crippen molar-refractivity contribution in [3.8, 4) is 0 Å². The summed E-state index contributed by atoms with van der Waals surface area (Å²) in [5.41, 5.74) is 1.31. The van der Waals surface area contributed by atoms with Crippen molar-refractivity contribution in [1.82, 2.24) is 5.32 Å². The van der Waals surface area contributed by atoms with E-state index in [9.17, 15) is 9.59 Å². The molecule has 3 amide bonds. The minimum absolute atomic E-state index is 0.155. The second-order valence-electron chi connectivity index (χ2n) is 5.99. The number of methoxy groups -OCH3 is 1. The molecular formula is C16H21N3O3. The van der Waals surface area contributed by atoms with Gasteiger partial charge < -0.3 is 15.4 Å². The maximum absolute atomic E-state index is 12.1. The van der Waals surface area contributed by atoms with Crippen molar-refractivity contribution in [1.29, 1.82) is 0 Å². The molecule has 0 unspecified atom stereocenters. The Bertz CT molecular complexity index is 538. The Kier molecular flexibility index (Phi) is 4.18. The zero-order valence-corrected chi connectivity index (χ0v) is 12.6. The van der Waals surface area contributed by atoms with E-state index in [4.69, 9.17) is 0 Å². The van der Waals surface area contributed by atoms with Gasteiger partial charge in [-0.1, -0.05) is 0 Å². The van der Waals surface area contributed by atoms with Gasteiger partial charge in [0.05, 0.1) is 7.11 Å². The monoisotopic (exact) mass is 303 g/mol. The standard InChI is InChI=1S/C16H21N3O3/c1-22-16(21)18-13-8-6-12(7-9-13)17-15(20)19-14(10-2-3-10)11-4-5-11/h6-11,14H,2-5H2,1H3,(H,18,21)(H2,17,19,20). The lowest BCUT2D eigenvalue weighted by molar-refractivity contribution is 0.187. The van der Waals surface area contributed by atoms with Crippen LogP contribution in [0.3, 0.4) is 0 Å². The first-order chi connectivity index (χ1) is 10.7. The van der Waals surface area contributed by atoms with Crippen molar-refractivity contribution < 1.29 is 14.3 Å².